The number of para-hydroxylation sites is 2. The second-order valence-corrected chi connectivity index (χ2v) is 10.0. The molecule has 0 unspecified atom stereocenters. The van der Waals surface area contributed by atoms with Gasteiger partial charge in [-0.3, -0.25) is 14.9 Å². The van der Waals surface area contributed by atoms with Crippen molar-refractivity contribution in [3.63, 3.8) is 0 Å². The zero-order chi connectivity index (χ0) is 26.6. The van der Waals surface area contributed by atoms with Crippen LogP contribution in [0.4, 0.5) is 14.5 Å². The molecule has 12 heteroatoms. The van der Waals surface area contributed by atoms with Gasteiger partial charge in [0.1, 0.15) is 16.9 Å². The van der Waals surface area contributed by atoms with Crippen LogP contribution in [-0.4, -0.2) is 27.4 Å². The molecule has 5 rings (SSSR count). The molecule has 0 fully saturated rings. The quantitative estimate of drug-likeness (QED) is 0.122. The SMILES string of the molecule is O=c1c2c(-c3ccccc3)c(Sc3ccccc3[N+](=O)[O-])sc2ncn1/N=C/c1ccccc1OC(F)F. The van der Waals surface area contributed by atoms with Gasteiger partial charge in [-0.25, -0.2) is 4.98 Å². The highest BCUT2D eigenvalue weighted by atomic mass is 32.2. The van der Waals surface area contributed by atoms with Crippen LogP contribution in [-0.2, 0) is 0 Å². The average molecular weight is 551 g/mol. The van der Waals surface area contributed by atoms with Gasteiger partial charge in [-0.1, -0.05) is 66.4 Å². The predicted molar refractivity (Wildman–Crippen MR) is 143 cm³/mol. The molecule has 2 aromatic heterocycles. The van der Waals surface area contributed by atoms with Gasteiger partial charge in [0, 0.05) is 17.2 Å². The highest BCUT2D eigenvalue weighted by molar-refractivity contribution is 8.01. The number of rotatable bonds is 8. The molecule has 38 heavy (non-hydrogen) atoms. The molecule has 0 saturated carbocycles. The minimum atomic E-state index is -3.01. The maximum Gasteiger partial charge on any atom is 0.387 e. The van der Waals surface area contributed by atoms with Gasteiger partial charge in [0.2, 0.25) is 0 Å². The molecule has 0 radical (unpaired) electrons. The van der Waals surface area contributed by atoms with E-state index in [-0.39, 0.29) is 17.0 Å². The number of alkyl halides is 2. The normalized spacial score (nSPS) is 11.4. The number of ether oxygens (including phenoxy) is 1. The van der Waals surface area contributed by atoms with Crippen molar-refractivity contribution in [2.24, 2.45) is 5.10 Å². The van der Waals surface area contributed by atoms with Crippen molar-refractivity contribution < 1.29 is 18.4 Å². The Morgan fingerprint density at radius 3 is 2.53 bits per heavy atom. The lowest BCUT2D eigenvalue weighted by Crippen LogP contribution is -2.17. The third kappa shape index (κ3) is 5.17. The Morgan fingerprint density at radius 2 is 1.76 bits per heavy atom. The molecule has 3 aromatic carbocycles. The Morgan fingerprint density at radius 1 is 1.05 bits per heavy atom. The lowest BCUT2D eigenvalue weighted by atomic mass is 10.1. The van der Waals surface area contributed by atoms with Crippen LogP contribution in [0.3, 0.4) is 0 Å². The minimum Gasteiger partial charge on any atom is -0.434 e. The maximum atomic E-state index is 13.6. The van der Waals surface area contributed by atoms with Crippen molar-refractivity contribution >= 4 is 45.2 Å². The van der Waals surface area contributed by atoms with Crippen LogP contribution in [0.5, 0.6) is 5.75 Å². The maximum absolute atomic E-state index is 13.6. The van der Waals surface area contributed by atoms with Gasteiger partial charge in [-0.05, 0) is 23.8 Å². The molecular weight excluding hydrogens is 534 g/mol. The van der Waals surface area contributed by atoms with Crippen LogP contribution in [0.25, 0.3) is 21.3 Å². The number of nitro groups is 1. The molecule has 0 N–H and O–H groups in total. The van der Waals surface area contributed by atoms with E-state index in [0.717, 1.165) is 10.2 Å². The zero-order valence-corrected chi connectivity index (χ0v) is 20.9. The summed E-state index contributed by atoms with van der Waals surface area (Å²) in [6.45, 7) is -3.01. The first-order valence-electron chi connectivity index (χ1n) is 11.0. The van der Waals surface area contributed by atoms with E-state index in [1.807, 2.05) is 30.3 Å². The standard InChI is InChI=1S/C26H16F2N4O4S2/c27-26(28)36-19-12-6-4-10-17(19)14-30-31-15-29-23-22(24(31)33)21(16-8-2-1-3-9-16)25(38-23)37-20-13-7-5-11-18(20)32(34)35/h1-15,26H/b30-14+. The minimum absolute atomic E-state index is 0.0476. The number of nitrogens with zero attached hydrogens (tertiary/aromatic N) is 4. The van der Waals surface area contributed by atoms with Crippen molar-refractivity contribution in [1.82, 2.24) is 9.66 Å². The molecule has 0 bridgehead atoms. The van der Waals surface area contributed by atoms with Crippen molar-refractivity contribution in [3.05, 3.63) is 111 Å². The van der Waals surface area contributed by atoms with Gasteiger partial charge in [-0.2, -0.15) is 18.6 Å². The summed E-state index contributed by atoms with van der Waals surface area (Å²) >= 11 is 2.43. The van der Waals surface area contributed by atoms with Crippen molar-refractivity contribution in [2.45, 2.75) is 15.7 Å². The molecule has 0 aliphatic heterocycles. The van der Waals surface area contributed by atoms with Gasteiger partial charge < -0.3 is 4.74 Å². The molecule has 0 saturated heterocycles. The number of aromatic nitrogens is 2. The predicted octanol–water partition coefficient (Wildman–Crippen LogP) is 6.67. The summed E-state index contributed by atoms with van der Waals surface area (Å²) in [5, 5.41) is 16.0. The van der Waals surface area contributed by atoms with Gasteiger partial charge >= 0.3 is 6.61 Å². The summed E-state index contributed by atoms with van der Waals surface area (Å²) in [5.74, 6) is -0.0861. The topological polar surface area (TPSA) is 99.6 Å². The molecule has 8 nitrogen and oxygen atoms in total. The van der Waals surface area contributed by atoms with E-state index in [1.165, 1.54) is 53.8 Å². The fourth-order valence-corrected chi connectivity index (χ4v) is 6.17. The first kappa shape index (κ1) is 25.2. The average Bonchev–Trinajstić information content (AvgIpc) is 3.28. The van der Waals surface area contributed by atoms with Crippen LogP contribution in [0, 0.1) is 10.1 Å². The highest BCUT2D eigenvalue weighted by Crippen LogP contribution is 2.46. The monoisotopic (exact) mass is 550 g/mol. The fourth-order valence-electron chi connectivity index (χ4n) is 3.69. The summed E-state index contributed by atoms with van der Waals surface area (Å²) in [6.07, 6.45) is 2.48. The van der Waals surface area contributed by atoms with E-state index in [2.05, 4.69) is 14.8 Å². The van der Waals surface area contributed by atoms with Crippen LogP contribution in [0.1, 0.15) is 5.56 Å². The molecule has 2 heterocycles. The second-order valence-electron chi connectivity index (χ2n) is 7.69. The van der Waals surface area contributed by atoms with Crippen molar-refractivity contribution in [3.8, 4) is 16.9 Å². The third-order valence-electron chi connectivity index (χ3n) is 5.35. The first-order valence-corrected chi connectivity index (χ1v) is 12.6. The molecule has 0 amide bonds. The van der Waals surface area contributed by atoms with Gasteiger partial charge in [-0.15, -0.1) is 11.3 Å². The number of thiophene rings is 1. The molecule has 0 spiro atoms. The Kier molecular flexibility index (Phi) is 7.24. The Hall–Kier alpha value is -4.42. The number of nitro benzene ring substituents is 1. The van der Waals surface area contributed by atoms with Crippen LogP contribution in [0.15, 0.2) is 104 Å². The van der Waals surface area contributed by atoms with E-state index in [0.29, 0.717) is 24.9 Å². The van der Waals surface area contributed by atoms with E-state index in [1.54, 1.807) is 30.3 Å². The van der Waals surface area contributed by atoms with Gasteiger partial charge in [0.15, 0.2) is 0 Å². The van der Waals surface area contributed by atoms with E-state index in [4.69, 9.17) is 0 Å². The van der Waals surface area contributed by atoms with Crippen LogP contribution < -0.4 is 10.3 Å². The van der Waals surface area contributed by atoms with E-state index in [9.17, 15) is 23.7 Å². The Balaban J connectivity index is 1.64. The fraction of sp³-hybridized carbons (Fsp3) is 0.0385. The zero-order valence-electron chi connectivity index (χ0n) is 19.2. The summed E-state index contributed by atoms with van der Waals surface area (Å²) in [6, 6.07) is 21.6. The summed E-state index contributed by atoms with van der Waals surface area (Å²) in [5.41, 5.74) is 1.03. The van der Waals surface area contributed by atoms with E-state index < -0.39 is 17.1 Å². The molecule has 5 aromatic rings. The largest absolute Gasteiger partial charge is 0.434 e. The molecule has 0 aliphatic carbocycles. The number of benzene rings is 3. The Bertz CT molecular complexity index is 1720. The number of fused-ring (bicyclic) bond motifs is 1. The highest BCUT2D eigenvalue weighted by Gasteiger charge is 2.23. The summed E-state index contributed by atoms with van der Waals surface area (Å²) in [4.78, 5) is 30.0. The second kappa shape index (κ2) is 10.9. The number of halogens is 2. The smallest absolute Gasteiger partial charge is 0.387 e. The number of hydrogen-bond donors (Lipinski definition) is 0. The van der Waals surface area contributed by atoms with Crippen molar-refractivity contribution in [2.75, 3.05) is 0 Å². The molecular formula is C26H16F2N4O4S2. The molecule has 0 aliphatic rings. The lowest BCUT2D eigenvalue weighted by Gasteiger charge is -2.07. The van der Waals surface area contributed by atoms with Crippen LogP contribution in [0.2, 0.25) is 0 Å². The lowest BCUT2D eigenvalue weighted by molar-refractivity contribution is -0.387. The summed E-state index contributed by atoms with van der Waals surface area (Å²) in [7, 11) is 0. The number of hydrogen-bond acceptors (Lipinski definition) is 8. The first-order chi connectivity index (χ1) is 18.4. The van der Waals surface area contributed by atoms with Gasteiger partial charge in [0.25, 0.3) is 11.2 Å². The van der Waals surface area contributed by atoms with Crippen molar-refractivity contribution in [1.29, 1.82) is 0 Å². The van der Waals surface area contributed by atoms with E-state index >= 15 is 0 Å². The third-order valence-corrected chi connectivity index (χ3v) is 7.69. The van der Waals surface area contributed by atoms with Crippen LogP contribution >= 0.6 is 23.1 Å². The summed E-state index contributed by atoms with van der Waals surface area (Å²) < 4.78 is 31.7. The Labute approximate surface area is 222 Å². The molecule has 190 valence electrons. The molecule has 0 atom stereocenters. The van der Waals surface area contributed by atoms with Gasteiger partial charge in [0.05, 0.1) is 25.6 Å².